The fraction of sp³-hybridized carbons (Fsp3) is 0.571. The zero-order valence-electron chi connectivity index (χ0n) is 11.1. The molecule has 0 aliphatic heterocycles. The maximum atomic E-state index is 5.70. The zero-order valence-corrected chi connectivity index (χ0v) is 11.9. The first-order chi connectivity index (χ1) is 8.07. The third-order valence-corrected chi connectivity index (χ3v) is 3.61. The summed E-state index contributed by atoms with van der Waals surface area (Å²) in [5, 5.41) is 3.46. The van der Waals surface area contributed by atoms with Gasteiger partial charge in [-0.3, -0.25) is 0 Å². The van der Waals surface area contributed by atoms with Gasteiger partial charge in [-0.1, -0.05) is 32.9 Å². The second-order valence-corrected chi connectivity index (χ2v) is 6.39. The molecule has 2 nitrogen and oxygen atoms in total. The van der Waals surface area contributed by atoms with Gasteiger partial charge in [-0.15, -0.1) is 11.8 Å². The van der Waals surface area contributed by atoms with Crippen LogP contribution in [0.4, 0.5) is 0 Å². The topological polar surface area (TPSA) is 38.0 Å². The van der Waals surface area contributed by atoms with Gasteiger partial charge in [0, 0.05) is 18.0 Å². The number of nitrogens with two attached hydrogens (primary N) is 1. The summed E-state index contributed by atoms with van der Waals surface area (Å²) in [5.74, 6) is 1.13. The number of benzene rings is 1. The Bertz CT molecular complexity index is 319. The van der Waals surface area contributed by atoms with Crippen molar-refractivity contribution < 1.29 is 0 Å². The van der Waals surface area contributed by atoms with Crippen LogP contribution in [0.25, 0.3) is 0 Å². The highest BCUT2D eigenvalue weighted by Crippen LogP contribution is 2.17. The zero-order chi connectivity index (χ0) is 12.7. The minimum absolute atomic E-state index is 0.179. The van der Waals surface area contributed by atoms with Crippen molar-refractivity contribution in [3.63, 3.8) is 0 Å². The van der Waals surface area contributed by atoms with Gasteiger partial charge in [0.05, 0.1) is 0 Å². The van der Waals surface area contributed by atoms with Crippen molar-refractivity contribution in [3.05, 3.63) is 29.8 Å². The van der Waals surface area contributed by atoms with E-state index in [1.165, 1.54) is 10.5 Å². The van der Waals surface area contributed by atoms with Gasteiger partial charge in [-0.25, -0.2) is 0 Å². The molecule has 1 aromatic rings. The summed E-state index contributed by atoms with van der Waals surface area (Å²) in [7, 11) is 0. The van der Waals surface area contributed by atoms with E-state index in [1.807, 2.05) is 11.8 Å². The molecule has 0 saturated heterocycles. The first-order valence-corrected chi connectivity index (χ1v) is 7.18. The Kier molecular flexibility index (Phi) is 6.03. The van der Waals surface area contributed by atoms with E-state index in [0.717, 1.165) is 18.8 Å². The van der Waals surface area contributed by atoms with Crippen molar-refractivity contribution in [2.24, 2.45) is 11.1 Å². The van der Waals surface area contributed by atoms with Crippen LogP contribution in [0, 0.1) is 5.41 Å². The third-order valence-electron chi connectivity index (χ3n) is 2.72. The second-order valence-electron chi connectivity index (χ2n) is 5.05. The normalized spacial score (nSPS) is 11.8. The Labute approximate surface area is 109 Å². The van der Waals surface area contributed by atoms with Crippen LogP contribution in [0.1, 0.15) is 26.3 Å². The molecule has 0 aromatic heterocycles. The molecule has 1 aromatic carbocycles. The lowest BCUT2D eigenvalue weighted by Gasteiger charge is -2.22. The highest BCUT2D eigenvalue weighted by Gasteiger charge is 2.14. The van der Waals surface area contributed by atoms with Crippen molar-refractivity contribution in [1.29, 1.82) is 0 Å². The Morgan fingerprint density at radius 3 is 2.41 bits per heavy atom. The van der Waals surface area contributed by atoms with E-state index < -0.39 is 0 Å². The van der Waals surface area contributed by atoms with Gasteiger partial charge < -0.3 is 11.1 Å². The van der Waals surface area contributed by atoms with E-state index in [-0.39, 0.29) is 5.41 Å². The molecule has 0 fully saturated rings. The van der Waals surface area contributed by atoms with Crippen LogP contribution in [-0.2, 0) is 6.54 Å². The second kappa shape index (κ2) is 7.04. The molecule has 0 amide bonds. The Hall–Kier alpha value is -0.510. The van der Waals surface area contributed by atoms with Gasteiger partial charge >= 0.3 is 0 Å². The summed E-state index contributed by atoms with van der Waals surface area (Å²) in [6.07, 6.45) is 0. The van der Waals surface area contributed by atoms with Gasteiger partial charge in [-0.05, 0) is 35.4 Å². The summed E-state index contributed by atoms with van der Waals surface area (Å²) >= 11 is 1.88. The minimum atomic E-state index is 0.179. The number of hydrogen-bond donors (Lipinski definition) is 2. The molecule has 0 saturated carbocycles. The molecule has 0 aliphatic rings. The number of thioether (sulfide) groups is 1. The van der Waals surface area contributed by atoms with Crippen molar-refractivity contribution >= 4 is 11.8 Å². The monoisotopic (exact) mass is 252 g/mol. The molecule has 0 bridgehead atoms. The highest BCUT2D eigenvalue weighted by atomic mass is 32.2. The Morgan fingerprint density at radius 2 is 1.88 bits per heavy atom. The highest BCUT2D eigenvalue weighted by molar-refractivity contribution is 7.99. The first kappa shape index (κ1) is 14.6. The summed E-state index contributed by atoms with van der Waals surface area (Å²) in [4.78, 5) is 1.35. The summed E-state index contributed by atoms with van der Waals surface area (Å²) < 4.78 is 0. The predicted octanol–water partition coefficient (Wildman–Crippen LogP) is 2.87. The lowest BCUT2D eigenvalue weighted by atomic mass is 9.94. The van der Waals surface area contributed by atoms with E-state index in [2.05, 4.69) is 50.4 Å². The lowest BCUT2D eigenvalue weighted by Crippen LogP contribution is -2.35. The van der Waals surface area contributed by atoms with Gasteiger partial charge in [0.25, 0.3) is 0 Å². The van der Waals surface area contributed by atoms with Gasteiger partial charge in [-0.2, -0.15) is 0 Å². The fourth-order valence-electron chi connectivity index (χ4n) is 1.49. The average Bonchev–Trinajstić information content (AvgIpc) is 2.32. The van der Waals surface area contributed by atoms with Crippen molar-refractivity contribution in [2.45, 2.75) is 32.2 Å². The van der Waals surface area contributed by atoms with E-state index in [9.17, 15) is 0 Å². The van der Waals surface area contributed by atoms with E-state index in [1.54, 1.807) is 0 Å². The van der Waals surface area contributed by atoms with Crippen molar-refractivity contribution in [1.82, 2.24) is 5.32 Å². The summed E-state index contributed by atoms with van der Waals surface area (Å²) in [5.41, 5.74) is 7.21. The fourth-order valence-corrected chi connectivity index (χ4v) is 2.15. The van der Waals surface area contributed by atoms with Gasteiger partial charge in [0.1, 0.15) is 0 Å². The average molecular weight is 252 g/mol. The Balaban J connectivity index is 2.37. The molecule has 0 aliphatic carbocycles. The molecular weight excluding hydrogens is 228 g/mol. The van der Waals surface area contributed by atoms with Gasteiger partial charge in [0.15, 0.2) is 0 Å². The molecule has 3 heteroatoms. The van der Waals surface area contributed by atoms with E-state index >= 15 is 0 Å². The number of rotatable bonds is 7. The number of hydrogen-bond acceptors (Lipinski definition) is 3. The summed E-state index contributed by atoms with van der Waals surface area (Å²) in [6, 6.07) is 8.78. The van der Waals surface area contributed by atoms with Crippen LogP contribution in [0.2, 0.25) is 0 Å². The minimum Gasteiger partial charge on any atom is -0.330 e. The van der Waals surface area contributed by atoms with E-state index in [0.29, 0.717) is 6.54 Å². The summed E-state index contributed by atoms with van der Waals surface area (Å²) in [6.45, 7) is 9.12. The van der Waals surface area contributed by atoms with Gasteiger partial charge in [0.2, 0.25) is 0 Å². The maximum Gasteiger partial charge on any atom is 0.0205 e. The predicted molar refractivity (Wildman–Crippen MR) is 77.4 cm³/mol. The number of nitrogens with one attached hydrogen (secondary N) is 1. The SMILES string of the molecule is CCSc1ccc(CNCC(C)(C)CN)cc1. The van der Waals surface area contributed by atoms with Crippen molar-refractivity contribution in [3.8, 4) is 0 Å². The standard InChI is InChI=1S/C14H24N2S/c1-4-17-13-7-5-12(6-8-13)9-16-11-14(2,3)10-15/h5-8,16H,4,9-11,15H2,1-3H3. The molecule has 3 N–H and O–H groups in total. The van der Waals surface area contributed by atoms with Crippen LogP contribution in [0.3, 0.4) is 0 Å². The molecule has 0 spiro atoms. The lowest BCUT2D eigenvalue weighted by molar-refractivity contribution is 0.351. The largest absolute Gasteiger partial charge is 0.330 e. The van der Waals surface area contributed by atoms with E-state index in [4.69, 9.17) is 5.73 Å². The first-order valence-electron chi connectivity index (χ1n) is 6.20. The maximum absolute atomic E-state index is 5.70. The molecule has 1 rings (SSSR count). The molecular formula is C14H24N2S. The molecule has 0 heterocycles. The van der Waals surface area contributed by atoms with Crippen LogP contribution in [0.5, 0.6) is 0 Å². The molecule has 0 radical (unpaired) electrons. The van der Waals surface area contributed by atoms with Crippen LogP contribution < -0.4 is 11.1 Å². The van der Waals surface area contributed by atoms with Crippen LogP contribution in [-0.4, -0.2) is 18.8 Å². The van der Waals surface area contributed by atoms with Crippen LogP contribution >= 0.6 is 11.8 Å². The quantitative estimate of drug-likeness (QED) is 0.733. The smallest absolute Gasteiger partial charge is 0.0205 e. The Morgan fingerprint density at radius 1 is 1.24 bits per heavy atom. The molecule has 96 valence electrons. The van der Waals surface area contributed by atoms with Crippen LogP contribution in [0.15, 0.2) is 29.2 Å². The van der Waals surface area contributed by atoms with Crippen molar-refractivity contribution in [2.75, 3.05) is 18.8 Å². The molecule has 17 heavy (non-hydrogen) atoms. The molecule has 0 unspecified atom stereocenters. The third kappa shape index (κ3) is 5.57. The molecule has 0 atom stereocenters.